The van der Waals surface area contributed by atoms with Gasteiger partial charge in [0.15, 0.2) is 6.10 Å². The Morgan fingerprint density at radius 2 is 1.93 bits per heavy atom. The van der Waals surface area contributed by atoms with Crippen LogP contribution in [0.5, 0.6) is 0 Å². The van der Waals surface area contributed by atoms with Crippen molar-refractivity contribution >= 4 is 17.6 Å². The summed E-state index contributed by atoms with van der Waals surface area (Å²) in [6.45, 7) is 4.18. The molecular weight excluding hydrogens is 368 g/mol. The molecule has 2 atom stereocenters. The number of nitrogens with zero attached hydrogens (tertiary/aromatic N) is 4. The molecule has 2 aromatic carbocycles. The van der Waals surface area contributed by atoms with Gasteiger partial charge in [-0.2, -0.15) is 5.10 Å². The third-order valence-electron chi connectivity index (χ3n) is 5.08. The molecule has 7 heteroatoms. The number of hydrogen-bond acceptors (Lipinski definition) is 5. The number of aromatic nitrogens is 3. The van der Waals surface area contributed by atoms with Gasteiger partial charge in [-0.05, 0) is 49.6 Å². The monoisotopic (exact) mass is 390 g/mol. The highest BCUT2D eigenvalue weighted by Crippen LogP contribution is 2.32. The number of anilines is 1. The van der Waals surface area contributed by atoms with E-state index in [4.69, 9.17) is 4.74 Å². The number of hydrogen-bond donors (Lipinski definition) is 0. The number of benzene rings is 2. The Kier molecular flexibility index (Phi) is 5.12. The van der Waals surface area contributed by atoms with Crippen molar-refractivity contribution < 1.29 is 14.3 Å². The first-order valence-corrected chi connectivity index (χ1v) is 9.56. The van der Waals surface area contributed by atoms with E-state index in [0.29, 0.717) is 12.1 Å². The number of amides is 1. The summed E-state index contributed by atoms with van der Waals surface area (Å²) in [5, 5.41) is 4.06. The zero-order chi connectivity index (χ0) is 20.4. The lowest BCUT2D eigenvalue weighted by molar-refractivity contribution is -0.126. The second kappa shape index (κ2) is 7.87. The van der Waals surface area contributed by atoms with Gasteiger partial charge in [-0.3, -0.25) is 4.79 Å². The third kappa shape index (κ3) is 3.89. The molecule has 1 aromatic heterocycles. The van der Waals surface area contributed by atoms with Gasteiger partial charge in [-0.25, -0.2) is 14.5 Å². The SMILES string of the molecule is C[C@H](OC(=O)c1ccc(Cn2cncn2)cc1)C(=O)N1c2ccccc2C[C@@H]1C. The van der Waals surface area contributed by atoms with Crippen LogP contribution in [0.2, 0.25) is 0 Å². The van der Waals surface area contributed by atoms with Gasteiger partial charge in [0, 0.05) is 11.7 Å². The molecule has 7 nitrogen and oxygen atoms in total. The van der Waals surface area contributed by atoms with Crippen molar-refractivity contribution in [2.45, 2.75) is 39.0 Å². The van der Waals surface area contributed by atoms with Gasteiger partial charge in [0.1, 0.15) is 12.7 Å². The molecule has 0 saturated carbocycles. The van der Waals surface area contributed by atoms with Crippen LogP contribution in [0.3, 0.4) is 0 Å². The van der Waals surface area contributed by atoms with Gasteiger partial charge in [0.05, 0.1) is 12.1 Å². The fourth-order valence-corrected chi connectivity index (χ4v) is 3.62. The minimum absolute atomic E-state index is 0.0390. The Balaban J connectivity index is 1.41. The summed E-state index contributed by atoms with van der Waals surface area (Å²) in [7, 11) is 0. The Hall–Kier alpha value is -3.48. The smallest absolute Gasteiger partial charge is 0.338 e. The maximum absolute atomic E-state index is 13.0. The lowest BCUT2D eigenvalue weighted by Crippen LogP contribution is -2.43. The lowest BCUT2D eigenvalue weighted by Gasteiger charge is -2.26. The minimum Gasteiger partial charge on any atom is -0.449 e. The van der Waals surface area contributed by atoms with Crippen LogP contribution < -0.4 is 4.90 Å². The third-order valence-corrected chi connectivity index (χ3v) is 5.08. The fraction of sp³-hybridized carbons (Fsp3) is 0.273. The van der Waals surface area contributed by atoms with Gasteiger partial charge in [-0.1, -0.05) is 30.3 Å². The van der Waals surface area contributed by atoms with Crippen LogP contribution in [0.1, 0.15) is 35.3 Å². The maximum atomic E-state index is 13.0. The minimum atomic E-state index is -0.870. The number of para-hydroxylation sites is 1. The highest BCUT2D eigenvalue weighted by Gasteiger charge is 2.34. The summed E-state index contributed by atoms with van der Waals surface area (Å²) in [5.41, 5.74) is 3.42. The molecule has 1 aliphatic rings. The van der Waals surface area contributed by atoms with E-state index < -0.39 is 12.1 Å². The van der Waals surface area contributed by atoms with E-state index in [2.05, 4.69) is 10.1 Å². The first-order chi connectivity index (χ1) is 14.0. The Morgan fingerprint density at radius 1 is 1.17 bits per heavy atom. The Labute approximate surface area is 168 Å². The van der Waals surface area contributed by atoms with E-state index in [1.165, 1.54) is 6.33 Å². The predicted molar refractivity (Wildman–Crippen MR) is 108 cm³/mol. The molecular formula is C22H22N4O3. The molecule has 0 N–H and O–H groups in total. The zero-order valence-electron chi connectivity index (χ0n) is 16.4. The Morgan fingerprint density at radius 3 is 2.66 bits per heavy atom. The average Bonchev–Trinajstić information content (AvgIpc) is 3.34. The van der Waals surface area contributed by atoms with E-state index in [1.807, 2.05) is 43.3 Å². The number of carbonyl (C=O) groups excluding carboxylic acids is 2. The number of rotatable bonds is 5. The van der Waals surface area contributed by atoms with Crippen molar-refractivity contribution in [3.63, 3.8) is 0 Å². The first kappa shape index (κ1) is 18.9. The number of ether oxygens (including phenoxy) is 1. The maximum Gasteiger partial charge on any atom is 0.338 e. The molecule has 4 rings (SSSR count). The molecule has 0 spiro atoms. The van der Waals surface area contributed by atoms with Crippen LogP contribution in [-0.4, -0.2) is 38.8 Å². The highest BCUT2D eigenvalue weighted by atomic mass is 16.5. The molecule has 0 bridgehead atoms. The Bertz CT molecular complexity index is 1010. The fourth-order valence-electron chi connectivity index (χ4n) is 3.62. The molecule has 148 valence electrons. The van der Waals surface area contributed by atoms with Crippen molar-refractivity contribution in [1.82, 2.24) is 14.8 Å². The molecule has 0 fully saturated rings. The number of fused-ring (bicyclic) bond motifs is 1. The molecule has 1 aliphatic heterocycles. The van der Waals surface area contributed by atoms with Gasteiger partial charge < -0.3 is 9.64 Å². The largest absolute Gasteiger partial charge is 0.449 e. The quantitative estimate of drug-likeness (QED) is 0.626. The predicted octanol–water partition coefficient (Wildman–Crippen LogP) is 2.85. The van der Waals surface area contributed by atoms with E-state index in [1.54, 1.807) is 35.0 Å². The van der Waals surface area contributed by atoms with Crippen LogP contribution in [0.4, 0.5) is 5.69 Å². The van der Waals surface area contributed by atoms with Crippen LogP contribution in [-0.2, 0) is 22.5 Å². The molecule has 0 radical (unpaired) electrons. The topological polar surface area (TPSA) is 77.3 Å². The van der Waals surface area contributed by atoms with Gasteiger partial charge in [0.2, 0.25) is 0 Å². The first-order valence-electron chi connectivity index (χ1n) is 9.56. The van der Waals surface area contributed by atoms with E-state index in [0.717, 1.165) is 23.2 Å². The van der Waals surface area contributed by atoms with Crippen LogP contribution in [0.25, 0.3) is 0 Å². The van der Waals surface area contributed by atoms with Gasteiger partial charge >= 0.3 is 5.97 Å². The molecule has 0 aliphatic carbocycles. The standard InChI is InChI=1S/C22H22N4O3/c1-15-11-19-5-3-4-6-20(19)26(15)21(27)16(2)29-22(28)18-9-7-17(8-10-18)12-25-14-23-13-24-25/h3-10,13-16H,11-12H2,1-2H3/t15-,16-/m0/s1. The summed E-state index contributed by atoms with van der Waals surface area (Å²) >= 11 is 0. The summed E-state index contributed by atoms with van der Waals surface area (Å²) in [6, 6.07) is 14.9. The summed E-state index contributed by atoms with van der Waals surface area (Å²) in [5.74, 6) is -0.725. The molecule has 0 unspecified atom stereocenters. The highest BCUT2D eigenvalue weighted by molar-refractivity contribution is 6.00. The van der Waals surface area contributed by atoms with Crippen LogP contribution >= 0.6 is 0 Å². The molecule has 2 heterocycles. The lowest BCUT2D eigenvalue weighted by atomic mass is 10.1. The number of carbonyl (C=O) groups is 2. The summed E-state index contributed by atoms with van der Waals surface area (Å²) < 4.78 is 7.16. The zero-order valence-corrected chi connectivity index (χ0v) is 16.4. The van der Waals surface area contributed by atoms with Crippen molar-refractivity contribution in [3.8, 4) is 0 Å². The second-order valence-electron chi connectivity index (χ2n) is 7.23. The van der Waals surface area contributed by atoms with Crippen molar-refractivity contribution in [3.05, 3.63) is 77.9 Å². The summed E-state index contributed by atoms with van der Waals surface area (Å²) in [6.07, 6.45) is 3.04. The van der Waals surface area contributed by atoms with Crippen molar-refractivity contribution in [2.24, 2.45) is 0 Å². The normalized spacial score (nSPS) is 16.3. The van der Waals surface area contributed by atoms with Crippen LogP contribution in [0, 0.1) is 0 Å². The van der Waals surface area contributed by atoms with Crippen molar-refractivity contribution in [2.75, 3.05) is 4.90 Å². The van der Waals surface area contributed by atoms with E-state index in [9.17, 15) is 9.59 Å². The molecule has 3 aromatic rings. The van der Waals surface area contributed by atoms with Crippen LogP contribution in [0.15, 0.2) is 61.2 Å². The molecule has 0 saturated heterocycles. The van der Waals surface area contributed by atoms with E-state index >= 15 is 0 Å². The number of esters is 1. The van der Waals surface area contributed by atoms with Crippen molar-refractivity contribution in [1.29, 1.82) is 0 Å². The van der Waals surface area contributed by atoms with Gasteiger partial charge in [0.25, 0.3) is 5.91 Å². The summed E-state index contributed by atoms with van der Waals surface area (Å²) in [4.78, 5) is 31.1. The van der Waals surface area contributed by atoms with Gasteiger partial charge in [-0.15, -0.1) is 0 Å². The molecule has 1 amide bonds. The second-order valence-corrected chi connectivity index (χ2v) is 7.23. The van der Waals surface area contributed by atoms with E-state index in [-0.39, 0.29) is 11.9 Å². The average molecular weight is 390 g/mol. The molecule has 29 heavy (non-hydrogen) atoms.